The molecule has 1 saturated heterocycles. The van der Waals surface area contributed by atoms with Crippen LogP contribution in [0.2, 0.25) is 0 Å². The molecule has 0 spiro atoms. The molecule has 1 aromatic rings. The van der Waals surface area contributed by atoms with Crippen LogP contribution in [0.15, 0.2) is 6.20 Å². The molecule has 0 atom stereocenters. The van der Waals surface area contributed by atoms with Crippen LogP contribution in [0, 0.1) is 0 Å². The molecule has 19 heavy (non-hydrogen) atoms. The molecule has 108 valence electrons. The quantitative estimate of drug-likeness (QED) is 0.787. The van der Waals surface area contributed by atoms with E-state index in [1.165, 1.54) is 13.1 Å². The molecule has 0 bridgehead atoms. The number of rotatable bonds is 6. The van der Waals surface area contributed by atoms with Crippen molar-refractivity contribution in [1.29, 1.82) is 0 Å². The molecule has 1 aliphatic rings. The number of nitrogens with zero attached hydrogens (tertiary/aromatic N) is 5. The third-order valence-electron chi connectivity index (χ3n) is 3.52. The topological polar surface area (TPSA) is 49.2 Å². The van der Waals surface area contributed by atoms with E-state index >= 15 is 0 Å². The minimum atomic E-state index is 0.482. The van der Waals surface area contributed by atoms with Gasteiger partial charge in [0.2, 0.25) is 0 Å². The maximum absolute atomic E-state index is 4.19. The lowest BCUT2D eigenvalue weighted by atomic mass is 10.3. The van der Waals surface area contributed by atoms with Crippen molar-refractivity contribution >= 4 is 0 Å². The van der Waals surface area contributed by atoms with Gasteiger partial charge in [-0.1, -0.05) is 19.1 Å². The molecule has 1 fully saturated rings. The van der Waals surface area contributed by atoms with Crippen LogP contribution in [0.4, 0.5) is 0 Å². The highest BCUT2D eigenvalue weighted by molar-refractivity contribution is 4.91. The van der Waals surface area contributed by atoms with E-state index in [9.17, 15) is 0 Å². The average Bonchev–Trinajstić information content (AvgIpc) is 2.84. The molecular weight excluding hydrogens is 240 g/mol. The Morgan fingerprint density at radius 3 is 2.63 bits per heavy atom. The zero-order valence-corrected chi connectivity index (χ0v) is 12.3. The minimum Gasteiger partial charge on any atom is -0.309 e. The molecular formula is C13H26N6. The van der Waals surface area contributed by atoms with Gasteiger partial charge < -0.3 is 10.2 Å². The van der Waals surface area contributed by atoms with Gasteiger partial charge in [0.15, 0.2) is 0 Å². The second-order valence-electron chi connectivity index (χ2n) is 5.65. The lowest BCUT2D eigenvalue weighted by Gasteiger charge is -2.32. The summed E-state index contributed by atoms with van der Waals surface area (Å²) in [6.45, 7) is 11.7. The first kappa shape index (κ1) is 14.4. The number of piperazine rings is 1. The highest BCUT2D eigenvalue weighted by Gasteiger charge is 2.13. The van der Waals surface area contributed by atoms with Crippen LogP contribution >= 0.6 is 0 Å². The van der Waals surface area contributed by atoms with Crippen molar-refractivity contribution < 1.29 is 0 Å². The third kappa shape index (κ3) is 4.89. The van der Waals surface area contributed by atoms with Gasteiger partial charge in [-0.25, -0.2) is 0 Å². The summed E-state index contributed by atoms with van der Waals surface area (Å²) in [6.07, 6.45) is 2.05. The largest absolute Gasteiger partial charge is 0.309 e. The molecule has 1 aromatic heterocycles. The molecule has 6 nitrogen and oxygen atoms in total. The zero-order chi connectivity index (χ0) is 13.7. The lowest BCUT2D eigenvalue weighted by molar-refractivity contribution is 0.148. The number of hydrogen-bond donors (Lipinski definition) is 1. The van der Waals surface area contributed by atoms with E-state index in [-0.39, 0.29) is 0 Å². The SMILES string of the molecule is CC(C)NCc1cn(CCN2CCN(C)CC2)nn1. The maximum Gasteiger partial charge on any atom is 0.0964 e. The summed E-state index contributed by atoms with van der Waals surface area (Å²) in [5.41, 5.74) is 1.02. The molecule has 0 radical (unpaired) electrons. The van der Waals surface area contributed by atoms with Crippen LogP contribution < -0.4 is 5.32 Å². The number of likely N-dealkylation sites (N-methyl/N-ethyl adjacent to an activating group) is 1. The summed E-state index contributed by atoms with van der Waals surface area (Å²) in [7, 11) is 2.18. The fourth-order valence-electron chi connectivity index (χ4n) is 2.15. The van der Waals surface area contributed by atoms with Gasteiger partial charge in [0.1, 0.15) is 0 Å². The summed E-state index contributed by atoms with van der Waals surface area (Å²) in [5.74, 6) is 0. The van der Waals surface area contributed by atoms with Crippen LogP contribution in [0.25, 0.3) is 0 Å². The van der Waals surface area contributed by atoms with Crippen LogP contribution in [-0.4, -0.2) is 70.6 Å². The van der Waals surface area contributed by atoms with Crippen LogP contribution in [0.3, 0.4) is 0 Å². The van der Waals surface area contributed by atoms with Gasteiger partial charge in [0.05, 0.1) is 12.2 Å². The van der Waals surface area contributed by atoms with Gasteiger partial charge in [-0.05, 0) is 7.05 Å². The second-order valence-corrected chi connectivity index (χ2v) is 5.65. The predicted molar refractivity (Wildman–Crippen MR) is 75.9 cm³/mol. The minimum absolute atomic E-state index is 0.482. The molecule has 2 heterocycles. The van der Waals surface area contributed by atoms with E-state index in [0.29, 0.717) is 6.04 Å². The van der Waals surface area contributed by atoms with Crippen molar-refractivity contribution in [2.75, 3.05) is 39.8 Å². The number of nitrogens with one attached hydrogen (secondary N) is 1. The van der Waals surface area contributed by atoms with Crippen molar-refractivity contribution in [1.82, 2.24) is 30.1 Å². The second kappa shape index (κ2) is 6.98. The summed E-state index contributed by atoms with van der Waals surface area (Å²) >= 11 is 0. The Kier molecular flexibility index (Phi) is 5.30. The van der Waals surface area contributed by atoms with Gasteiger partial charge >= 0.3 is 0 Å². The van der Waals surface area contributed by atoms with Crippen LogP contribution in [0.5, 0.6) is 0 Å². The first-order valence-electron chi connectivity index (χ1n) is 7.17. The van der Waals surface area contributed by atoms with Crippen molar-refractivity contribution in [3.05, 3.63) is 11.9 Å². The molecule has 0 aromatic carbocycles. The summed E-state index contributed by atoms with van der Waals surface area (Å²) in [6, 6.07) is 0.482. The highest BCUT2D eigenvalue weighted by atomic mass is 15.4. The molecule has 0 unspecified atom stereocenters. The molecule has 0 amide bonds. The van der Waals surface area contributed by atoms with E-state index < -0.39 is 0 Å². The standard InChI is InChI=1S/C13H26N6/c1-12(2)14-10-13-11-19(16-15-13)9-8-18-6-4-17(3)5-7-18/h11-12,14H,4-10H2,1-3H3. The van der Waals surface area contributed by atoms with Gasteiger partial charge in [-0.3, -0.25) is 9.58 Å². The summed E-state index contributed by atoms with van der Waals surface area (Å²) in [5, 5.41) is 11.7. The highest BCUT2D eigenvalue weighted by Crippen LogP contribution is 2.00. The fraction of sp³-hybridized carbons (Fsp3) is 0.846. The maximum atomic E-state index is 4.19. The van der Waals surface area contributed by atoms with E-state index in [1.807, 2.05) is 10.9 Å². The van der Waals surface area contributed by atoms with E-state index in [0.717, 1.165) is 38.4 Å². The van der Waals surface area contributed by atoms with Crippen LogP contribution in [0.1, 0.15) is 19.5 Å². The number of aromatic nitrogens is 3. The molecule has 1 N–H and O–H groups in total. The van der Waals surface area contributed by atoms with Crippen molar-refractivity contribution in [2.45, 2.75) is 33.0 Å². The van der Waals surface area contributed by atoms with Gasteiger partial charge in [0, 0.05) is 51.5 Å². The van der Waals surface area contributed by atoms with Crippen molar-refractivity contribution in [2.24, 2.45) is 0 Å². The Morgan fingerprint density at radius 1 is 1.21 bits per heavy atom. The van der Waals surface area contributed by atoms with Crippen LogP contribution in [-0.2, 0) is 13.1 Å². The van der Waals surface area contributed by atoms with E-state index in [2.05, 4.69) is 46.3 Å². The summed E-state index contributed by atoms with van der Waals surface area (Å²) < 4.78 is 1.95. The van der Waals surface area contributed by atoms with Crippen molar-refractivity contribution in [3.63, 3.8) is 0 Å². The van der Waals surface area contributed by atoms with Gasteiger partial charge in [-0.15, -0.1) is 5.10 Å². The predicted octanol–water partition coefficient (Wildman–Crippen LogP) is 0.0235. The first-order valence-corrected chi connectivity index (χ1v) is 7.17. The Morgan fingerprint density at radius 2 is 1.95 bits per heavy atom. The first-order chi connectivity index (χ1) is 9.13. The molecule has 0 aliphatic carbocycles. The fourth-order valence-corrected chi connectivity index (χ4v) is 2.15. The Labute approximate surface area is 115 Å². The van der Waals surface area contributed by atoms with Gasteiger partial charge in [-0.2, -0.15) is 0 Å². The number of hydrogen-bond acceptors (Lipinski definition) is 5. The molecule has 1 aliphatic heterocycles. The molecule has 6 heteroatoms. The van der Waals surface area contributed by atoms with Gasteiger partial charge in [0.25, 0.3) is 0 Å². The Hall–Kier alpha value is -0.980. The normalized spacial score (nSPS) is 18.3. The van der Waals surface area contributed by atoms with Crippen molar-refractivity contribution in [3.8, 4) is 0 Å². The van der Waals surface area contributed by atoms with E-state index in [1.54, 1.807) is 0 Å². The van der Waals surface area contributed by atoms with E-state index in [4.69, 9.17) is 0 Å². The smallest absolute Gasteiger partial charge is 0.0964 e. The Bertz CT molecular complexity index is 367. The zero-order valence-electron chi connectivity index (χ0n) is 12.3. The average molecular weight is 266 g/mol. The Balaban J connectivity index is 1.71. The third-order valence-corrected chi connectivity index (χ3v) is 3.52. The lowest BCUT2D eigenvalue weighted by Crippen LogP contribution is -2.45. The monoisotopic (exact) mass is 266 g/mol. The molecule has 2 rings (SSSR count). The summed E-state index contributed by atoms with van der Waals surface area (Å²) in [4.78, 5) is 4.87. The molecule has 0 saturated carbocycles.